The van der Waals surface area contributed by atoms with Crippen LogP contribution < -0.4 is 15.5 Å². The number of nitrogens with one attached hydrogen (secondary N) is 2. The fraction of sp³-hybridized carbons (Fsp3) is 0.333. The van der Waals surface area contributed by atoms with Crippen molar-refractivity contribution in [2.75, 3.05) is 28.6 Å². The second-order valence-electron chi connectivity index (χ2n) is 9.72. The number of carboxylic acid groups (broad SMARTS) is 1. The molecule has 3 heterocycles. The highest BCUT2D eigenvalue weighted by molar-refractivity contribution is 6.08. The second kappa shape index (κ2) is 10.4. The highest BCUT2D eigenvalue weighted by Gasteiger charge is 2.38. The first kappa shape index (κ1) is 26.1. The maximum Gasteiger partial charge on any atom is 0.407 e. The van der Waals surface area contributed by atoms with E-state index in [9.17, 15) is 28.3 Å². The van der Waals surface area contributed by atoms with Gasteiger partial charge < -0.3 is 25.2 Å². The molecule has 12 heteroatoms. The minimum atomic E-state index is -1.11. The van der Waals surface area contributed by atoms with Gasteiger partial charge in [-0.15, -0.1) is 0 Å². The van der Waals surface area contributed by atoms with Crippen LogP contribution in [0.2, 0.25) is 0 Å². The third-order valence-electron chi connectivity index (χ3n) is 7.11. The van der Waals surface area contributed by atoms with Crippen LogP contribution in [0, 0.1) is 25.5 Å². The molecule has 0 aliphatic carbocycles. The molecular formula is C27H27F2N5O5. The Morgan fingerprint density at radius 2 is 1.87 bits per heavy atom. The third-order valence-corrected chi connectivity index (χ3v) is 7.11. The molecule has 1 aromatic heterocycles. The molecule has 2 saturated heterocycles. The molecule has 2 fully saturated rings. The van der Waals surface area contributed by atoms with Crippen LogP contribution in [0.3, 0.4) is 0 Å². The van der Waals surface area contributed by atoms with E-state index in [1.807, 2.05) is 6.07 Å². The Kier molecular flexibility index (Phi) is 6.94. The number of halogens is 2. The fourth-order valence-corrected chi connectivity index (χ4v) is 5.20. The molecule has 0 bridgehead atoms. The van der Waals surface area contributed by atoms with Crippen molar-refractivity contribution >= 4 is 35.0 Å². The van der Waals surface area contributed by atoms with Gasteiger partial charge in [-0.25, -0.2) is 13.6 Å². The van der Waals surface area contributed by atoms with Gasteiger partial charge in [-0.2, -0.15) is 0 Å². The molecule has 5 rings (SSSR count). The van der Waals surface area contributed by atoms with Gasteiger partial charge in [0.1, 0.15) is 11.8 Å². The summed E-state index contributed by atoms with van der Waals surface area (Å²) in [5.74, 6) is -2.43. The molecule has 2 aromatic carbocycles. The van der Waals surface area contributed by atoms with E-state index < -0.39 is 29.7 Å². The minimum Gasteiger partial charge on any atom is -0.465 e. The Labute approximate surface area is 222 Å². The molecule has 3 aromatic rings. The van der Waals surface area contributed by atoms with E-state index in [0.717, 1.165) is 23.3 Å². The van der Waals surface area contributed by atoms with Crippen molar-refractivity contribution in [3.63, 3.8) is 0 Å². The number of aromatic nitrogens is 1. The summed E-state index contributed by atoms with van der Waals surface area (Å²) in [5.41, 5.74) is 3.26. The molecule has 3 N–H and O–H groups in total. The lowest BCUT2D eigenvalue weighted by Crippen LogP contribution is -2.42. The first-order valence-electron chi connectivity index (χ1n) is 12.5. The smallest absolute Gasteiger partial charge is 0.407 e. The quantitative estimate of drug-likeness (QED) is 0.420. The summed E-state index contributed by atoms with van der Waals surface area (Å²) in [4.78, 5) is 40.1. The van der Waals surface area contributed by atoms with Gasteiger partial charge in [0.05, 0.1) is 17.1 Å². The maximum atomic E-state index is 13.9. The summed E-state index contributed by atoms with van der Waals surface area (Å²) in [6, 6.07) is 7.37. The highest BCUT2D eigenvalue weighted by Crippen LogP contribution is 2.35. The average Bonchev–Trinajstić information content (AvgIpc) is 3.61. The number of nitrogens with zero attached hydrogens (tertiary/aromatic N) is 3. The normalized spacial score (nSPS) is 19.0. The van der Waals surface area contributed by atoms with Gasteiger partial charge >= 0.3 is 6.09 Å². The summed E-state index contributed by atoms with van der Waals surface area (Å²) < 4.78 is 32.7. The zero-order valence-corrected chi connectivity index (χ0v) is 21.3. The number of carbonyl (C=O) groups excluding carboxylic acids is 2. The Morgan fingerprint density at radius 1 is 1.08 bits per heavy atom. The third kappa shape index (κ3) is 5.14. The van der Waals surface area contributed by atoms with Gasteiger partial charge in [-0.05, 0) is 56.5 Å². The first-order valence-corrected chi connectivity index (χ1v) is 12.5. The van der Waals surface area contributed by atoms with Crippen LogP contribution in [0.25, 0.3) is 11.1 Å². The lowest BCUT2D eigenvalue weighted by Gasteiger charge is -2.25. The molecule has 0 unspecified atom stereocenters. The van der Waals surface area contributed by atoms with Crippen molar-refractivity contribution in [3.05, 3.63) is 59.5 Å². The van der Waals surface area contributed by atoms with Crippen LogP contribution in [0.15, 0.2) is 40.9 Å². The Balaban J connectivity index is 1.45. The van der Waals surface area contributed by atoms with Crippen LogP contribution in [-0.4, -0.2) is 58.2 Å². The Hall–Kier alpha value is -4.48. The van der Waals surface area contributed by atoms with Crippen LogP contribution in [0.4, 0.5) is 30.6 Å². The number of benzene rings is 2. The molecule has 3 amide bonds. The van der Waals surface area contributed by atoms with Crippen LogP contribution >= 0.6 is 0 Å². The Bertz CT molecular complexity index is 1440. The number of likely N-dealkylation sites (tertiary alicyclic amines) is 1. The lowest BCUT2D eigenvalue weighted by atomic mass is 10.0. The van der Waals surface area contributed by atoms with Gasteiger partial charge in [-0.3, -0.25) is 14.5 Å². The zero-order valence-electron chi connectivity index (χ0n) is 21.3. The number of hydrogen-bond acceptors (Lipinski definition) is 6. The number of anilines is 3. The van der Waals surface area contributed by atoms with E-state index in [1.165, 1.54) is 15.9 Å². The van der Waals surface area contributed by atoms with Crippen LogP contribution in [0.5, 0.6) is 0 Å². The predicted molar refractivity (Wildman–Crippen MR) is 139 cm³/mol. The molecule has 0 saturated carbocycles. The average molecular weight is 540 g/mol. The number of amides is 3. The summed E-state index contributed by atoms with van der Waals surface area (Å²) in [5, 5.41) is 19.5. The van der Waals surface area contributed by atoms with E-state index in [-0.39, 0.29) is 37.0 Å². The molecular weight excluding hydrogens is 512 g/mol. The SMILES string of the molecule is Cc1noc(C)c1-c1ccc(N[C@H]2CCN(C(=O)O)C2)c(NC(=O)[C@@H]2CCC(=O)N2c2ccc(F)c(F)c2)c1. The number of rotatable bonds is 6. The molecule has 10 nitrogen and oxygen atoms in total. The van der Waals surface area contributed by atoms with Crippen molar-refractivity contribution < 1.29 is 32.8 Å². The zero-order chi connectivity index (χ0) is 27.8. The topological polar surface area (TPSA) is 128 Å². The van der Waals surface area contributed by atoms with Crippen molar-refractivity contribution in [1.82, 2.24) is 10.1 Å². The summed E-state index contributed by atoms with van der Waals surface area (Å²) in [6.45, 7) is 4.26. The first-order chi connectivity index (χ1) is 18.6. The van der Waals surface area contributed by atoms with Gasteiger partial charge in [0.2, 0.25) is 11.8 Å². The van der Waals surface area contributed by atoms with Crippen LogP contribution in [0.1, 0.15) is 30.7 Å². The molecule has 0 radical (unpaired) electrons. The molecule has 0 spiro atoms. The van der Waals surface area contributed by atoms with Crippen molar-refractivity contribution in [2.24, 2.45) is 0 Å². The molecule has 39 heavy (non-hydrogen) atoms. The highest BCUT2D eigenvalue weighted by atomic mass is 19.2. The van der Waals surface area contributed by atoms with E-state index in [4.69, 9.17) is 4.52 Å². The van der Waals surface area contributed by atoms with E-state index in [2.05, 4.69) is 15.8 Å². The van der Waals surface area contributed by atoms with Gasteiger partial charge in [0.15, 0.2) is 11.6 Å². The monoisotopic (exact) mass is 539 g/mol. The maximum absolute atomic E-state index is 13.9. The van der Waals surface area contributed by atoms with E-state index in [0.29, 0.717) is 35.8 Å². The largest absolute Gasteiger partial charge is 0.465 e. The van der Waals surface area contributed by atoms with Gasteiger partial charge in [0.25, 0.3) is 0 Å². The summed E-state index contributed by atoms with van der Waals surface area (Å²) >= 11 is 0. The lowest BCUT2D eigenvalue weighted by molar-refractivity contribution is -0.120. The summed E-state index contributed by atoms with van der Waals surface area (Å²) in [6.07, 6.45) is -0.128. The molecule has 204 valence electrons. The summed E-state index contributed by atoms with van der Waals surface area (Å²) in [7, 11) is 0. The van der Waals surface area contributed by atoms with Crippen LogP contribution in [-0.2, 0) is 9.59 Å². The second-order valence-corrected chi connectivity index (χ2v) is 9.72. The molecule has 2 aliphatic rings. The molecule has 2 aliphatic heterocycles. The fourth-order valence-electron chi connectivity index (χ4n) is 5.20. The number of aryl methyl sites for hydroxylation is 2. The standard InChI is InChI=1S/C27H27F2N5O5/c1-14-25(15(2)39-32-14)16-3-6-21(30-17-9-10-33(13-17)27(37)38)22(11-16)31-26(36)23-7-8-24(35)34(23)18-4-5-19(28)20(29)12-18/h3-6,11-12,17,23,30H,7-10,13H2,1-2H3,(H,31,36)(H,37,38)/t17-,23-/m0/s1. The van der Waals surface area contributed by atoms with E-state index >= 15 is 0 Å². The predicted octanol–water partition coefficient (Wildman–Crippen LogP) is 4.53. The number of carbonyl (C=O) groups is 3. The number of hydrogen-bond donors (Lipinski definition) is 3. The minimum absolute atomic E-state index is 0.0778. The van der Waals surface area contributed by atoms with Crippen molar-refractivity contribution in [3.8, 4) is 11.1 Å². The van der Waals surface area contributed by atoms with Gasteiger partial charge in [0, 0.05) is 42.9 Å². The molecule has 2 atom stereocenters. The van der Waals surface area contributed by atoms with Gasteiger partial charge in [-0.1, -0.05) is 11.2 Å². The van der Waals surface area contributed by atoms with Crippen molar-refractivity contribution in [2.45, 2.75) is 45.2 Å². The van der Waals surface area contributed by atoms with Crippen molar-refractivity contribution in [1.29, 1.82) is 0 Å². The van der Waals surface area contributed by atoms with E-state index in [1.54, 1.807) is 26.0 Å². The Morgan fingerprint density at radius 3 is 2.54 bits per heavy atom.